The maximum Gasteiger partial charge on any atom is 0.306 e. The molecular formula is C53H94O6. The lowest BCUT2D eigenvalue weighted by Crippen LogP contribution is -2.30. The molecule has 59 heavy (non-hydrogen) atoms. The highest BCUT2D eigenvalue weighted by molar-refractivity contribution is 5.71. The van der Waals surface area contributed by atoms with E-state index in [4.69, 9.17) is 14.2 Å². The second-order valence-corrected chi connectivity index (χ2v) is 16.7. The fraction of sp³-hybridized carbons (Fsp3) is 0.792. The van der Waals surface area contributed by atoms with Gasteiger partial charge in [0.25, 0.3) is 0 Å². The average Bonchev–Trinajstić information content (AvgIpc) is 3.23. The van der Waals surface area contributed by atoms with Crippen molar-refractivity contribution in [2.45, 2.75) is 258 Å². The SMILES string of the molecule is CC/C=C\C/C=C\C/C=C\C/C=C\CCCCCCCCC(=O)OCC(COC(=O)CCCCCCCCCCCC)OC(=O)CCCCCCCCCCCCCC. The van der Waals surface area contributed by atoms with Crippen LogP contribution in [0.4, 0.5) is 0 Å². The monoisotopic (exact) mass is 827 g/mol. The number of hydrogen-bond acceptors (Lipinski definition) is 6. The molecular weight excluding hydrogens is 733 g/mol. The molecule has 0 aliphatic carbocycles. The van der Waals surface area contributed by atoms with Gasteiger partial charge in [-0.15, -0.1) is 0 Å². The van der Waals surface area contributed by atoms with Gasteiger partial charge in [0.2, 0.25) is 0 Å². The molecule has 0 spiro atoms. The quantitative estimate of drug-likeness (QED) is 0.0263. The molecule has 0 fully saturated rings. The number of carbonyl (C=O) groups excluding carboxylic acids is 3. The van der Waals surface area contributed by atoms with Crippen LogP contribution in [0.3, 0.4) is 0 Å². The minimum Gasteiger partial charge on any atom is -0.462 e. The summed E-state index contributed by atoms with van der Waals surface area (Å²) in [6, 6.07) is 0. The van der Waals surface area contributed by atoms with Gasteiger partial charge in [-0.25, -0.2) is 0 Å². The van der Waals surface area contributed by atoms with Crippen LogP contribution in [0, 0.1) is 0 Å². The van der Waals surface area contributed by atoms with Crippen molar-refractivity contribution < 1.29 is 28.6 Å². The van der Waals surface area contributed by atoms with E-state index in [9.17, 15) is 14.4 Å². The minimum atomic E-state index is -0.773. The lowest BCUT2D eigenvalue weighted by molar-refractivity contribution is -0.167. The van der Waals surface area contributed by atoms with Crippen molar-refractivity contribution in [3.8, 4) is 0 Å². The Kier molecular flexibility index (Phi) is 45.9. The first kappa shape index (κ1) is 56.4. The molecule has 0 aromatic rings. The molecule has 6 nitrogen and oxygen atoms in total. The van der Waals surface area contributed by atoms with E-state index in [0.717, 1.165) is 89.9 Å². The zero-order valence-electron chi connectivity index (χ0n) is 39.0. The molecule has 0 heterocycles. The van der Waals surface area contributed by atoms with Crippen LogP contribution >= 0.6 is 0 Å². The van der Waals surface area contributed by atoms with Crippen molar-refractivity contribution in [3.63, 3.8) is 0 Å². The van der Waals surface area contributed by atoms with Crippen LogP contribution in [0.5, 0.6) is 0 Å². The normalized spacial score (nSPS) is 12.4. The molecule has 0 amide bonds. The van der Waals surface area contributed by atoms with E-state index in [-0.39, 0.29) is 31.1 Å². The smallest absolute Gasteiger partial charge is 0.306 e. The lowest BCUT2D eigenvalue weighted by atomic mass is 10.0. The molecule has 0 aliphatic heterocycles. The molecule has 1 unspecified atom stereocenters. The number of ether oxygens (including phenoxy) is 3. The maximum absolute atomic E-state index is 12.7. The zero-order valence-corrected chi connectivity index (χ0v) is 39.0. The Balaban J connectivity index is 4.33. The number of rotatable bonds is 45. The van der Waals surface area contributed by atoms with Gasteiger partial charge in [-0.2, -0.15) is 0 Å². The van der Waals surface area contributed by atoms with Crippen molar-refractivity contribution in [2.75, 3.05) is 13.2 Å². The second kappa shape index (κ2) is 48.0. The number of allylic oxidation sites excluding steroid dienone is 8. The summed E-state index contributed by atoms with van der Waals surface area (Å²) in [5.74, 6) is -0.884. The van der Waals surface area contributed by atoms with Crippen LogP contribution in [0.15, 0.2) is 48.6 Å². The predicted octanol–water partition coefficient (Wildman–Crippen LogP) is 16.3. The Labute approximate surface area is 365 Å². The van der Waals surface area contributed by atoms with E-state index in [1.54, 1.807) is 0 Å². The number of hydrogen-bond donors (Lipinski definition) is 0. The van der Waals surface area contributed by atoms with Gasteiger partial charge in [0.05, 0.1) is 0 Å². The van der Waals surface area contributed by atoms with Gasteiger partial charge in [0.15, 0.2) is 6.10 Å². The summed E-state index contributed by atoms with van der Waals surface area (Å²) in [5, 5.41) is 0. The van der Waals surface area contributed by atoms with E-state index in [1.807, 2.05) is 0 Å². The van der Waals surface area contributed by atoms with Gasteiger partial charge < -0.3 is 14.2 Å². The van der Waals surface area contributed by atoms with Crippen LogP contribution in [0.1, 0.15) is 252 Å². The summed E-state index contributed by atoms with van der Waals surface area (Å²) in [6.07, 6.45) is 56.6. The highest BCUT2D eigenvalue weighted by atomic mass is 16.6. The molecule has 0 saturated carbocycles. The van der Waals surface area contributed by atoms with Gasteiger partial charge >= 0.3 is 17.9 Å². The molecule has 0 saturated heterocycles. The summed E-state index contributed by atoms with van der Waals surface area (Å²) < 4.78 is 16.7. The fourth-order valence-electron chi connectivity index (χ4n) is 7.08. The third kappa shape index (κ3) is 46.3. The van der Waals surface area contributed by atoms with Crippen molar-refractivity contribution in [1.82, 2.24) is 0 Å². The molecule has 0 bridgehead atoms. The number of carbonyl (C=O) groups is 3. The third-order valence-electron chi connectivity index (χ3n) is 10.8. The van der Waals surface area contributed by atoms with E-state index >= 15 is 0 Å². The highest BCUT2D eigenvalue weighted by Gasteiger charge is 2.19. The molecule has 6 heteroatoms. The largest absolute Gasteiger partial charge is 0.462 e. The first-order valence-corrected chi connectivity index (χ1v) is 25.1. The summed E-state index contributed by atoms with van der Waals surface area (Å²) in [5.41, 5.74) is 0. The Morgan fingerprint density at radius 3 is 1.03 bits per heavy atom. The zero-order chi connectivity index (χ0) is 43.0. The molecule has 0 radical (unpaired) electrons. The molecule has 0 aromatic carbocycles. The summed E-state index contributed by atoms with van der Waals surface area (Å²) in [6.45, 7) is 6.51. The van der Waals surface area contributed by atoms with Crippen molar-refractivity contribution in [1.29, 1.82) is 0 Å². The average molecular weight is 827 g/mol. The second-order valence-electron chi connectivity index (χ2n) is 16.7. The van der Waals surface area contributed by atoms with E-state index in [2.05, 4.69) is 69.4 Å². The van der Waals surface area contributed by atoms with E-state index in [0.29, 0.717) is 19.3 Å². The lowest BCUT2D eigenvalue weighted by Gasteiger charge is -2.18. The van der Waals surface area contributed by atoms with Crippen LogP contribution in [-0.2, 0) is 28.6 Å². The van der Waals surface area contributed by atoms with Gasteiger partial charge in [0.1, 0.15) is 13.2 Å². The molecule has 0 rings (SSSR count). The topological polar surface area (TPSA) is 78.9 Å². The van der Waals surface area contributed by atoms with E-state index < -0.39 is 6.10 Å². The molecule has 0 aliphatic rings. The Bertz CT molecular complexity index is 1040. The van der Waals surface area contributed by atoms with E-state index in [1.165, 1.54) is 122 Å². The number of unbranched alkanes of at least 4 members (excludes halogenated alkanes) is 26. The molecule has 0 aromatic heterocycles. The Hall–Kier alpha value is -2.63. The fourth-order valence-corrected chi connectivity index (χ4v) is 7.08. The van der Waals surface area contributed by atoms with Crippen molar-refractivity contribution in [2.24, 2.45) is 0 Å². The predicted molar refractivity (Wildman–Crippen MR) is 252 cm³/mol. The van der Waals surface area contributed by atoms with Crippen LogP contribution in [-0.4, -0.2) is 37.2 Å². The third-order valence-corrected chi connectivity index (χ3v) is 10.8. The van der Waals surface area contributed by atoms with Gasteiger partial charge in [-0.05, 0) is 57.8 Å². The Morgan fingerprint density at radius 1 is 0.356 bits per heavy atom. The standard InChI is InChI=1S/C53H94O6/c1-4-7-10-13-16-19-22-24-25-26-27-28-29-30-32-34-37-40-43-46-52(55)58-49-50(48-57-51(54)45-42-39-36-33-21-18-15-12-9-6-3)59-53(56)47-44-41-38-35-31-23-20-17-14-11-8-5-2/h7,10,16,19,24-25,27-28,50H,4-6,8-9,11-15,17-18,20-23,26,29-49H2,1-3H3/b10-7-,19-16-,25-24-,28-27-. The summed E-state index contributed by atoms with van der Waals surface area (Å²) in [4.78, 5) is 37.8. The first-order chi connectivity index (χ1) is 29.0. The van der Waals surface area contributed by atoms with Gasteiger partial charge in [-0.1, -0.05) is 223 Å². The van der Waals surface area contributed by atoms with Crippen LogP contribution in [0.2, 0.25) is 0 Å². The molecule has 0 N–H and O–H groups in total. The van der Waals surface area contributed by atoms with Gasteiger partial charge in [0, 0.05) is 19.3 Å². The minimum absolute atomic E-state index is 0.0744. The van der Waals surface area contributed by atoms with Crippen LogP contribution < -0.4 is 0 Å². The first-order valence-electron chi connectivity index (χ1n) is 25.1. The van der Waals surface area contributed by atoms with Crippen LogP contribution in [0.25, 0.3) is 0 Å². The Morgan fingerprint density at radius 2 is 0.661 bits per heavy atom. The highest BCUT2D eigenvalue weighted by Crippen LogP contribution is 2.15. The van der Waals surface area contributed by atoms with Crippen molar-refractivity contribution in [3.05, 3.63) is 48.6 Å². The van der Waals surface area contributed by atoms with Gasteiger partial charge in [-0.3, -0.25) is 14.4 Å². The summed E-state index contributed by atoms with van der Waals surface area (Å²) in [7, 11) is 0. The van der Waals surface area contributed by atoms with Crippen molar-refractivity contribution >= 4 is 17.9 Å². The molecule has 1 atom stereocenters. The number of esters is 3. The molecule has 342 valence electrons. The maximum atomic E-state index is 12.7. The summed E-state index contributed by atoms with van der Waals surface area (Å²) >= 11 is 0.